The van der Waals surface area contributed by atoms with Gasteiger partial charge in [-0.3, -0.25) is 0 Å². The molecule has 0 aromatic heterocycles. The summed E-state index contributed by atoms with van der Waals surface area (Å²) in [7, 11) is 0. The van der Waals surface area contributed by atoms with Gasteiger partial charge in [0, 0.05) is 17.6 Å². The quantitative estimate of drug-likeness (QED) is 0.467. The topological polar surface area (TPSA) is 47.9 Å². The van der Waals surface area contributed by atoms with Crippen molar-refractivity contribution < 1.29 is 19.3 Å². The van der Waals surface area contributed by atoms with Crippen LogP contribution in [0.1, 0.15) is 66.2 Å². The van der Waals surface area contributed by atoms with Crippen molar-refractivity contribution in [1.29, 1.82) is 0 Å². The molecule has 164 valence electrons. The molecule has 0 fully saturated rings. The van der Waals surface area contributed by atoms with E-state index in [2.05, 4.69) is 33.4 Å². The number of hydrogen-bond donors (Lipinski definition) is 1. The van der Waals surface area contributed by atoms with Crippen molar-refractivity contribution in [3.05, 3.63) is 70.6 Å². The van der Waals surface area contributed by atoms with Gasteiger partial charge in [-0.05, 0) is 70.1 Å². The second-order valence-corrected chi connectivity index (χ2v) is 8.90. The zero-order chi connectivity index (χ0) is 21.7. The standard InChI is InChI=1S/C26H36O4/c1-6-8-14-28-21-10-9-11-23(24(27)16-21)20-15-19(7-2)25(29-17-20)22-12-13-26(4,5)30-18(22)3/h7,10-11,16,20,27H,2,6,8-9,12-15,17H2,1,3-5H3. The summed E-state index contributed by atoms with van der Waals surface area (Å²) in [4.78, 5) is 0. The first-order valence-electron chi connectivity index (χ1n) is 11.2. The lowest BCUT2D eigenvalue weighted by Crippen LogP contribution is -2.29. The van der Waals surface area contributed by atoms with Gasteiger partial charge in [0.05, 0.1) is 13.2 Å². The van der Waals surface area contributed by atoms with Gasteiger partial charge in [-0.15, -0.1) is 0 Å². The van der Waals surface area contributed by atoms with Crippen molar-refractivity contribution in [2.45, 2.75) is 71.8 Å². The highest BCUT2D eigenvalue weighted by molar-refractivity contribution is 5.43. The summed E-state index contributed by atoms with van der Waals surface area (Å²) in [6, 6.07) is 0. The molecular weight excluding hydrogens is 376 g/mol. The van der Waals surface area contributed by atoms with Gasteiger partial charge in [-0.2, -0.15) is 0 Å². The molecule has 0 saturated carbocycles. The van der Waals surface area contributed by atoms with Crippen LogP contribution in [0, 0.1) is 5.92 Å². The molecule has 2 aliphatic heterocycles. The number of allylic oxidation sites excluding steroid dienone is 8. The van der Waals surface area contributed by atoms with E-state index in [1.165, 1.54) is 0 Å². The molecule has 0 spiro atoms. The van der Waals surface area contributed by atoms with Crippen LogP contribution < -0.4 is 0 Å². The molecule has 1 unspecified atom stereocenters. The molecule has 0 aromatic carbocycles. The highest BCUT2D eigenvalue weighted by Crippen LogP contribution is 2.41. The second kappa shape index (κ2) is 9.63. The Morgan fingerprint density at radius 1 is 1.33 bits per heavy atom. The first-order valence-corrected chi connectivity index (χ1v) is 11.2. The minimum Gasteiger partial charge on any atom is -0.508 e. The van der Waals surface area contributed by atoms with Gasteiger partial charge < -0.3 is 19.3 Å². The van der Waals surface area contributed by atoms with Crippen molar-refractivity contribution in [2.24, 2.45) is 5.92 Å². The first kappa shape index (κ1) is 22.3. The SMILES string of the molecule is C=CC1=C(C2=C(C)OC(C)(C)CC2)OCC(C2=CCC=C(OCCCC)C=C2O)C1. The van der Waals surface area contributed by atoms with Crippen LogP contribution in [0.5, 0.6) is 0 Å². The van der Waals surface area contributed by atoms with Gasteiger partial charge in [0.1, 0.15) is 28.6 Å². The lowest BCUT2D eigenvalue weighted by atomic mass is 9.85. The number of hydrogen-bond acceptors (Lipinski definition) is 4. The zero-order valence-corrected chi connectivity index (χ0v) is 18.9. The van der Waals surface area contributed by atoms with Crippen molar-refractivity contribution in [3.8, 4) is 0 Å². The molecular formula is C26H36O4. The third-order valence-corrected chi connectivity index (χ3v) is 5.98. The van der Waals surface area contributed by atoms with Crippen molar-refractivity contribution in [1.82, 2.24) is 0 Å². The van der Waals surface area contributed by atoms with E-state index in [9.17, 15) is 5.11 Å². The third kappa shape index (κ3) is 5.21. The summed E-state index contributed by atoms with van der Waals surface area (Å²) in [5.74, 6) is 2.95. The van der Waals surface area contributed by atoms with Crippen LogP contribution in [0.15, 0.2) is 70.6 Å². The van der Waals surface area contributed by atoms with Gasteiger partial charge in [-0.25, -0.2) is 0 Å². The van der Waals surface area contributed by atoms with Gasteiger partial charge in [-0.1, -0.05) is 32.1 Å². The number of rotatable bonds is 7. The van der Waals surface area contributed by atoms with E-state index in [-0.39, 0.29) is 17.3 Å². The number of aliphatic hydroxyl groups excluding tert-OH is 1. The molecule has 1 atom stereocenters. The second-order valence-electron chi connectivity index (χ2n) is 8.90. The molecule has 4 nitrogen and oxygen atoms in total. The Morgan fingerprint density at radius 3 is 2.83 bits per heavy atom. The van der Waals surface area contributed by atoms with Crippen LogP contribution in [0.25, 0.3) is 0 Å². The van der Waals surface area contributed by atoms with Gasteiger partial charge >= 0.3 is 0 Å². The van der Waals surface area contributed by atoms with Crippen LogP contribution in [0.3, 0.4) is 0 Å². The maximum absolute atomic E-state index is 10.7. The molecule has 0 saturated heterocycles. The zero-order valence-electron chi connectivity index (χ0n) is 18.9. The highest BCUT2D eigenvalue weighted by Gasteiger charge is 2.33. The summed E-state index contributed by atoms with van der Waals surface area (Å²) >= 11 is 0. The molecule has 30 heavy (non-hydrogen) atoms. The van der Waals surface area contributed by atoms with Crippen LogP contribution >= 0.6 is 0 Å². The number of unbranched alkanes of at least 4 members (excludes halogenated alkanes) is 1. The summed E-state index contributed by atoms with van der Waals surface area (Å²) in [5, 5.41) is 10.7. The molecule has 0 aromatic rings. The van der Waals surface area contributed by atoms with E-state index in [4.69, 9.17) is 14.2 Å². The lowest BCUT2D eigenvalue weighted by molar-refractivity contribution is 0.0110. The van der Waals surface area contributed by atoms with E-state index in [0.717, 1.165) is 72.5 Å². The van der Waals surface area contributed by atoms with Crippen LogP contribution in [0.2, 0.25) is 0 Å². The summed E-state index contributed by atoms with van der Waals surface area (Å²) in [6.45, 7) is 13.6. The minimum absolute atomic E-state index is 0.0863. The Balaban J connectivity index is 1.76. The summed E-state index contributed by atoms with van der Waals surface area (Å²) in [5.41, 5.74) is 3.01. The molecule has 4 heteroatoms. The molecule has 1 N–H and O–H groups in total. The number of aliphatic hydroxyl groups is 1. The Labute approximate surface area is 181 Å². The average Bonchev–Trinajstić information content (AvgIpc) is 2.88. The lowest BCUT2D eigenvalue weighted by Gasteiger charge is -2.36. The van der Waals surface area contributed by atoms with E-state index in [0.29, 0.717) is 13.2 Å². The van der Waals surface area contributed by atoms with Crippen LogP contribution in [-0.4, -0.2) is 23.9 Å². The maximum atomic E-state index is 10.7. The van der Waals surface area contributed by atoms with Crippen LogP contribution in [-0.2, 0) is 14.2 Å². The maximum Gasteiger partial charge on any atom is 0.129 e. The van der Waals surface area contributed by atoms with Gasteiger partial charge in [0.2, 0.25) is 0 Å². The summed E-state index contributed by atoms with van der Waals surface area (Å²) < 4.78 is 18.2. The fourth-order valence-electron chi connectivity index (χ4n) is 4.25. The molecule has 0 amide bonds. The van der Waals surface area contributed by atoms with Crippen molar-refractivity contribution in [2.75, 3.05) is 13.2 Å². The molecule has 0 radical (unpaired) electrons. The predicted molar refractivity (Wildman–Crippen MR) is 121 cm³/mol. The number of ether oxygens (including phenoxy) is 3. The van der Waals surface area contributed by atoms with Crippen molar-refractivity contribution >= 4 is 0 Å². The smallest absolute Gasteiger partial charge is 0.129 e. The van der Waals surface area contributed by atoms with E-state index in [1.807, 2.05) is 19.1 Å². The average molecular weight is 413 g/mol. The molecule has 1 aliphatic carbocycles. The monoisotopic (exact) mass is 412 g/mol. The van der Waals surface area contributed by atoms with Crippen LogP contribution in [0.4, 0.5) is 0 Å². The van der Waals surface area contributed by atoms with Crippen molar-refractivity contribution in [3.63, 3.8) is 0 Å². The largest absolute Gasteiger partial charge is 0.508 e. The Kier molecular flexibility index (Phi) is 7.17. The fourth-order valence-corrected chi connectivity index (χ4v) is 4.25. The first-order chi connectivity index (χ1) is 14.3. The van der Waals surface area contributed by atoms with E-state index < -0.39 is 0 Å². The molecule has 3 rings (SSSR count). The Morgan fingerprint density at radius 2 is 2.13 bits per heavy atom. The molecule has 2 heterocycles. The Bertz CT molecular complexity index is 820. The highest BCUT2D eigenvalue weighted by atomic mass is 16.5. The Hall–Kier alpha value is -2.36. The predicted octanol–water partition coefficient (Wildman–Crippen LogP) is 6.80. The van der Waals surface area contributed by atoms with E-state index >= 15 is 0 Å². The van der Waals surface area contributed by atoms with Gasteiger partial charge in [0.25, 0.3) is 0 Å². The third-order valence-electron chi connectivity index (χ3n) is 5.98. The fraction of sp³-hybridized carbons (Fsp3) is 0.538. The van der Waals surface area contributed by atoms with E-state index in [1.54, 1.807) is 6.08 Å². The normalized spacial score (nSPS) is 24.1. The molecule has 0 bridgehead atoms. The summed E-state index contributed by atoms with van der Waals surface area (Å²) in [6.07, 6.45) is 13.2. The van der Waals surface area contributed by atoms with Gasteiger partial charge in [0.15, 0.2) is 0 Å². The molecule has 3 aliphatic rings. The minimum atomic E-state index is -0.134.